The van der Waals surface area contributed by atoms with Gasteiger partial charge in [-0.2, -0.15) is 0 Å². The van der Waals surface area contributed by atoms with E-state index >= 15 is 0 Å². The number of nitrogens with zero attached hydrogens (tertiary/aromatic N) is 1. The van der Waals surface area contributed by atoms with Crippen LogP contribution in [0.25, 0.3) is 0 Å². The lowest BCUT2D eigenvalue weighted by Crippen LogP contribution is -2.33. The monoisotopic (exact) mass is 249 g/mol. The van der Waals surface area contributed by atoms with Gasteiger partial charge >= 0.3 is 5.97 Å². The van der Waals surface area contributed by atoms with Gasteiger partial charge < -0.3 is 10.0 Å². The molecule has 1 aromatic carbocycles. The number of rotatable bonds is 6. The summed E-state index contributed by atoms with van der Waals surface area (Å²) in [6.07, 6.45) is 0. The van der Waals surface area contributed by atoms with Crippen molar-refractivity contribution in [3.8, 4) is 0 Å². The Morgan fingerprint density at radius 2 is 1.94 bits per heavy atom. The second-order valence-electron chi connectivity index (χ2n) is 5.31. The van der Waals surface area contributed by atoms with Crippen molar-refractivity contribution >= 4 is 5.97 Å². The molecule has 1 rings (SSSR count). The molecule has 0 saturated carbocycles. The highest BCUT2D eigenvalue weighted by molar-refractivity contribution is 5.70. The van der Waals surface area contributed by atoms with Crippen molar-refractivity contribution in [2.45, 2.75) is 27.3 Å². The molecule has 0 saturated heterocycles. The van der Waals surface area contributed by atoms with E-state index < -0.39 is 5.97 Å². The Bertz CT molecular complexity index is 401. The first-order valence-corrected chi connectivity index (χ1v) is 6.37. The van der Waals surface area contributed by atoms with Crippen LogP contribution >= 0.6 is 0 Å². The van der Waals surface area contributed by atoms with Gasteiger partial charge in [-0.15, -0.1) is 0 Å². The SMILES string of the molecule is Cc1ccccc1CN(C)CC(C(=O)O)C(C)C. The number of carboxylic acids is 1. The number of hydrogen-bond acceptors (Lipinski definition) is 2. The maximum atomic E-state index is 11.2. The molecule has 0 aliphatic carbocycles. The maximum absolute atomic E-state index is 11.2. The molecule has 1 N–H and O–H groups in total. The van der Waals surface area contributed by atoms with Gasteiger partial charge in [0.05, 0.1) is 5.92 Å². The zero-order valence-electron chi connectivity index (χ0n) is 11.7. The summed E-state index contributed by atoms with van der Waals surface area (Å²) in [5.74, 6) is -0.859. The van der Waals surface area contributed by atoms with E-state index in [1.54, 1.807) is 0 Å². The normalized spacial score (nSPS) is 13.0. The second kappa shape index (κ2) is 6.55. The average molecular weight is 249 g/mol. The Morgan fingerprint density at radius 1 is 1.33 bits per heavy atom. The van der Waals surface area contributed by atoms with E-state index in [2.05, 4.69) is 24.0 Å². The van der Waals surface area contributed by atoms with E-state index in [0.29, 0.717) is 6.54 Å². The molecule has 3 heteroatoms. The van der Waals surface area contributed by atoms with Crippen molar-refractivity contribution in [3.05, 3.63) is 35.4 Å². The minimum atomic E-state index is -0.707. The van der Waals surface area contributed by atoms with Crippen molar-refractivity contribution < 1.29 is 9.90 Å². The summed E-state index contributed by atoms with van der Waals surface area (Å²) in [4.78, 5) is 13.3. The highest BCUT2D eigenvalue weighted by atomic mass is 16.4. The molecule has 0 bridgehead atoms. The molecule has 3 nitrogen and oxygen atoms in total. The number of carboxylic acid groups (broad SMARTS) is 1. The molecule has 0 heterocycles. The fourth-order valence-electron chi connectivity index (χ4n) is 2.05. The van der Waals surface area contributed by atoms with Crippen LogP contribution in [0.4, 0.5) is 0 Å². The Labute approximate surface area is 109 Å². The zero-order chi connectivity index (χ0) is 13.7. The van der Waals surface area contributed by atoms with Gasteiger partial charge in [0, 0.05) is 13.1 Å². The molecule has 0 amide bonds. The van der Waals surface area contributed by atoms with Crippen LogP contribution in [-0.2, 0) is 11.3 Å². The van der Waals surface area contributed by atoms with Crippen molar-refractivity contribution in [1.82, 2.24) is 4.90 Å². The first-order valence-electron chi connectivity index (χ1n) is 6.37. The van der Waals surface area contributed by atoms with Gasteiger partial charge in [0.15, 0.2) is 0 Å². The van der Waals surface area contributed by atoms with E-state index in [-0.39, 0.29) is 11.8 Å². The van der Waals surface area contributed by atoms with Crippen molar-refractivity contribution in [2.24, 2.45) is 11.8 Å². The van der Waals surface area contributed by atoms with Crippen LogP contribution < -0.4 is 0 Å². The fraction of sp³-hybridized carbons (Fsp3) is 0.533. The minimum Gasteiger partial charge on any atom is -0.481 e. The predicted molar refractivity (Wildman–Crippen MR) is 73.5 cm³/mol. The summed E-state index contributed by atoms with van der Waals surface area (Å²) in [6, 6.07) is 8.22. The van der Waals surface area contributed by atoms with E-state index in [0.717, 1.165) is 6.54 Å². The summed E-state index contributed by atoms with van der Waals surface area (Å²) in [5, 5.41) is 9.19. The van der Waals surface area contributed by atoms with E-state index in [1.807, 2.05) is 33.0 Å². The number of aliphatic carboxylic acids is 1. The van der Waals surface area contributed by atoms with E-state index in [1.165, 1.54) is 11.1 Å². The lowest BCUT2D eigenvalue weighted by atomic mass is 9.95. The summed E-state index contributed by atoms with van der Waals surface area (Å²) < 4.78 is 0. The van der Waals surface area contributed by atoms with Gasteiger partial charge in [0.25, 0.3) is 0 Å². The lowest BCUT2D eigenvalue weighted by molar-refractivity contribution is -0.144. The summed E-state index contributed by atoms with van der Waals surface area (Å²) in [6.45, 7) is 7.38. The van der Waals surface area contributed by atoms with Crippen LogP contribution in [0, 0.1) is 18.8 Å². The van der Waals surface area contributed by atoms with Crippen molar-refractivity contribution in [1.29, 1.82) is 0 Å². The smallest absolute Gasteiger partial charge is 0.308 e. The summed E-state index contributed by atoms with van der Waals surface area (Å²) in [7, 11) is 1.98. The lowest BCUT2D eigenvalue weighted by Gasteiger charge is -2.24. The van der Waals surface area contributed by atoms with Crippen molar-refractivity contribution in [3.63, 3.8) is 0 Å². The Hall–Kier alpha value is -1.35. The molecule has 0 aliphatic heterocycles. The third kappa shape index (κ3) is 4.15. The second-order valence-corrected chi connectivity index (χ2v) is 5.31. The minimum absolute atomic E-state index is 0.154. The molecule has 100 valence electrons. The van der Waals surface area contributed by atoms with Crippen molar-refractivity contribution in [2.75, 3.05) is 13.6 Å². The van der Waals surface area contributed by atoms with Crippen LogP contribution in [0.15, 0.2) is 24.3 Å². The van der Waals surface area contributed by atoms with Gasteiger partial charge in [0.1, 0.15) is 0 Å². The predicted octanol–water partition coefficient (Wildman–Crippen LogP) is 2.78. The molecular weight excluding hydrogens is 226 g/mol. The number of benzene rings is 1. The maximum Gasteiger partial charge on any atom is 0.308 e. The molecule has 1 aromatic rings. The van der Waals surface area contributed by atoms with Gasteiger partial charge in [-0.25, -0.2) is 0 Å². The topological polar surface area (TPSA) is 40.5 Å². The summed E-state index contributed by atoms with van der Waals surface area (Å²) >= 11 is 0. The third-order valence-electron chi connectivity index (χ3n) is 3.33. The molecule has 0 spiro atoms. The quantitative estimate of drug-likeness (QED) is 0.842. The number of aryl methyl sites for hydroxylation is 1. The number of hydrogen-bond donors (Lipinski definition) is 1. The van der Waals surface area contributed by atoms with Gasteiger partial charge in [-0.1, -0.05) is 38.1 Å². The van der Waals surface area contributed by atoms with Gasteiger partial charge in [0.2, 0.25) is 0 Å². The Balaban J connectivity index is 2.63. The van der Waals surface area contributed by atoms with Gasteiger partial charge in [-0.3, -0.25) is 4.79 Å². The van der Waals surface area contributed by atoms with Gasteiger partial charge in [-0.05, 0) is 31.0 Å². The highest BCUT2D eigenvalue weighted by Gasteiger charge is 2.23. The van der Waals surface area contributed by atoms with Crippen LogP contribution in [0.2, 0.25) is 0 Å². The highest BCUT2D eigenvalue weighted by Crippen LogP contribution is 2.15. The molecule has 18 heavy (non-hydrogen) atoms. The molecule has 1 atom stereocenters. The standard InChI is InChI=1S/C15H23NO2/c1-11(2)14(15(17)18)10-16(4)9-13-8-6-5-7-12(13)3/h5-8,11,14H,9-10H2,1-4H3,(H,17,18). The molecule has 0 fully saturated rings. The molecule has 0 aliphatic rings. The van der Waals surface area contributed by atoms with Crippen LogP contribution in [0.1, 0.15) is 25.0 Å². The zero-order valence-corrected chi connectivity index (χ0v) is 11.7. The number of carbonyl (C=O) groups is 1. The molecule has 0 radical (unpaired) electrons. The van der Waals surface area contributed by atoms with Crippen LogP contribution in [0.5, 0.6) is 0 Å². The Kier molecular flexibility index (Phi) is 5.35. The van der Waals surface area contributed by atoms with Crippen LogP contribution in [0.3, 0.4) is 0 Å². The average Bonchev–Trinajstić information content (AvgIpc) is 2.28. The van der Waals surface area contributed by atoms with Crippen LogP contribution in [-0.4, -0.2) is 29.6 Å². The third-order valence-corrected chi connectivity index (χ3v) is 3.33. The van der Waals surface area contributed by atoms with E-state index in [9.17, 15) is 9.90 Å². The molecular formula is C15H23NO2. The molecule has 1 unspecified atom stereocenters. The molecule has 0 aromatic heterocycles. The first-order chi connectivity index (χ1) is 8.41. The van der Waals surface area contributed by atoms with E-state index in [4.69, 9.17) is 0 Å². The largest absolute Gasteiger partial charge is 0.481 e. The fourth-order valence-corrected chi connectivity index (χ4v) is 2.05. The Morgan fingerprint density at radius 3 is 2.44 bits per heavy atom. The summed E-state index contributed by atoms with van der Waals surface area (Å²) in [5.41, 5.74) is 2.51. The first kappa shape index (κ1) is 14.7.